The summed E-state index contributed by atoms with van der Waals surface area (Å²) < 4.78 is 9.87. The Morgan fingerprint density at radius 2 is 2.20 bits per heavy atom. The van der Waals surface area contributed by atoms with Gasteiger partial charge in [-0.3, -0.25) is 9.69 Å². The zero-order valence-electron chi connectivity index (χ0n) is 12.1. The number of carbonyl (C=O) groups excluding carboxylic acids is 1. The molecule has 0 bridgehead atoms. The van der Waals surface area contributed by atoms with E-state index < -0.39 is 0 Å². The molecule has 0 spiro atoms. The second kappa shape index (κ2) is 7.71. The number of hydrogen-bond donors (Lipinski definition) is 0. The average Bonchev–Trinajstić information content (AvgIpc) is 2.92. The van der Waals surface area contributed by atoms with E-state index >= 15 is 0 Å². The fraction of sp³-hybridized carbons (Fsp3) is 0.714. The minimum absolute atomic E-state index is 0.0655. The Kier molecular flexibility index (Phi) is 5.94. The van der Waals surface area contributed by atoms with Crippen LogP contribution in [0, 0.1) is 5.92 Å². The van der Waals surface area contributed by atoms with Gasteiger partial charge in [0.15, 0.2) is 0 Å². The van der Waals surface area contributed by atoms with E-state index in [1.165, 1.54) is 12.0 Å². The first-order valence-corrected chi connectivity index (χ1v) is 7.77. The maximum absolute atomic E-state index is 11.5. The van der Waals surface area contributed by atoms with Crippen molar-refractivity contribution in [3.8, 4) is 0 Å². The number of likely N-dealkylation sites (tertiary alicyclic amines) is 1. The molecule has 6 heteroatoms. The molecule has 0 unspecified atom stereocenters. The van der Waals surface area contributed by atoms with Gasteiger partial charge in [0, 0.05) is 31.1 Å². The quantitative estimate of drug-likeness (QED) is 0.749. The smallest absolute Gasteiger partial charge is 0.308 e. The zero-order valence-corrected chi connectivity index (χ0v) is 12.9. The predicted octanol–water partition coefficient (Wildman–Crippen LogP) is 1.72. The van der Waals surface area contributed by atoms with Crippen LogP contribution in [0.15, 0.2) is 6.20 Å². The van der Waals surface area contributed by atoms with Crippen LogP contribution in [0.1, 0.15) is 22.7 Å². The zero-order chi connectivity index (χ0) is 14.4. The molecule has 0 atom stereocenters. The first-order chi connectivity index (χ1) is 9.72. The van der Waals surface area contributed by atoms with Crippen LogP contribution >= 0.6 is 11.3 Å². The molecule has 1 fully saturated rings. The Morgan fingerprint density at radius 3 is 2.85 bits per heavy atom. The van der Waals surface area contributed by atoms with Crippen LogP contribution in [0.4, 0.5) is 0 Å². The molecular formula is C14H22N2O3S. The molecule has 2 rings (SSSR count). The van der Waals surface area contributed by atoms with E-state index in [1.807, 2.05) is 6.20 Å². The highest BCUT2D eigenvalue weighted by Gasteiger charge is 2.25. The van der Waals surface area contributed by atoms with Gasteiger partial charge in [0.2, 0.25) is 0 Å². The van der Waals surface area contributed by atoms with E-state index in [0.717, 1.165) is 50.5 Å². The molecule has 1 aromatic rings. The van der Waals surface area contributed by atoms with Crippen LogP contribution in [0.3, 0.4) is 0 Å². The number of rotatable bonds is 6. The summed E-state index contributed by atoms with van der Waals surface area (Å²) in [5.74, 6) is 0.0132. The first kappa shape index (κ1) is 15.4. The molecule has 5 nitrogen and oxygen atoms in total. The molecule has 0 saturated carbocycles. The van der Waals surface area contributed by atoms with Crippen molar-refractivity contribution in [1.29, 1.82) is 0 Å². The van der Waals surface area contributed by atoms with Crippen molar-refractivity contribution in [2.24, 2.45) is 5.92 Å². The van der Waals surface area contributed by atoms with Gasteiger partial charge in [0.1, 0.15) is 0 Å². The number of hydrogen-bond acceptors (Lipinski definition) is 6. The molecule has 2 heterocycles. The molecule has 0 radical (unpaired) electrons. The van der Waals surface area contributed by atoms with E-state index in [1.54, 1.807) is 18.4 Å². The Bertz CT molecular complexity index is 428. The normalized spacial score (nSPS) is 17.3. The molecule has 1 saturated heterocycles. The van der Waals surface area contributed by atoms with Gasteiger partial charge in [-0.05, 0) is 25.9 Å². The van der Waals surface area contributed by atoms with E-state index in [0.29, 0.717) is 0 Å². The third kappa shape index (κ3) is 4.26. The minimum atomic E-state index is -0.0655. The van der Waals surface area contributed by atoms with Crippen LogP contribution in [-0.2, 0) is 27.2 Å². The lowest BCUT2D eigenvalue weighted by atomic mass is 9.97. The summed E-state index contributed by atoms with van der Waals surface area (Å²) in [5, 5.41) is 1.13. The Labute approximate surface area is 123 Å². The molecule has 0 aliphatic carbocycles. The summed E-state index contributed by atoms with van der Waals surface area (Å²) in [5.41, 5.74) is 0. The highest BCUT2D eigenvalue weighted by atomic mass is 32.1. The van der Waals surface area contributed by atoms with Gasteiger partial charge in [0.05, 0.1) is 24.6 Å². The highest BCUT2D eigenvalue weighted by molar-refractivity contribution is 7.11. The molecule has 1 aromatic heterocycles. The Hall–Kier alpha value is -0.980. The lowest BCUT2D eigenvalue weighted by Gasteiger charge is -2.30. The van der Waals surface area contributed by atoms with E-state index in [-0.39, 0.29) is 11.9 Å². The second-order valence-corrected chi connectivity index (χ2v) is 6.24. The number of aromatic nitrogens is 1. The van der Waals surface area contributed by atoms with Crippen molar-refractivity contribution in [1.82, 2.24) is 9.88 Å². The molecule has 0 N–H and O–H groups in total. The van der Waals surface area contributed by atoms with Crippen molar-refractivity contribution in [2.75, 3.05) is 33.9 Å². The summed E-state index contributed by atoms with van der Waals surface area (Å²) in [6.45, 7) is 3.55. The van der Waals surface area contributed by atoms with Gasteiger partial charge < -0.3 is 9.47 Å². The molecule has 1 aliphatic heterocycles. The van der Waals surface area contributed by atoms with Crippen LogP contribution in [0.5, 0.6) is 0 Å². The van der Waals surface area contributed by atoms with Gasteiger partial charge in [-0.2, -0.15) is 0 Å². The molecule has 112 valence electrons. The summed E-state index contributed by atoms with van der Waals surface area (Å²) in [6, 6.07) is 0. The minimum Gasteiger partial charge on any atom is -0.469 e. The maximum Gasteiger partial charge on any atom is 0.308 e. The summed E-state index contributed by atoms with van der Waals surface area (Å²) in [4.78, 5) is 19.6. The summed E-state index contributed by atoms with van der Waals surface area (Å²) in [7, 11) is 3.17. The monoisotopic (exact) mass is 298 g/mol. The maximum atomic E-state index is 11.5. The summed E-state index contributed by atoms with van der Waals surface area (Å²) in [6.07, 6.45) is 4.62. The molecule has 0 aromatic carbocycles. The SMILES string of the molecule is COCCc1ncc(CN2CCC(C(=O)OC)CC2)s1. The van der Waals surface area contributed by atoms with Crippen LogP contribution in [0.25, 0.3) is 0 Å². The fourth-order valence-corrected chi connectivity index (χ4v) is 3.39. The molecule has 0 amide bonds. The largest absolute Gasteiger partial charge is 0.469 e. The standard InChI is InChI=1S/C14H22N2O3S/c1-18-8-5-13-15-9-12(20-13)10-16-6-3-11(4-7-16)14(17)19-2/h9,11H,3-8,10H2,1-2H3. The van der Waals surface area contributed by atoms with Crippen molar-refractivity contribution < 1.29 is 14.3 Å². The average molecular weight is 298 g/mol. The third-order valence-electron chi connectivity index (χ3n) is 3.62. The number of methoxy groups -OCH3 is 2. The van der Waals surface area contributed by atoms with E-state index in [4.69, 9.17) is 9.47 Å². The number of piperidine rings is 1. The molecular weight excluding hydrogens is 276 g/mol. The topological polar surface area (TPSA) is 51.7 Å². The number of carbonyl (C=O) groups is 1. The van der Waals surface area contributed by atoms with Gasteiger partial charge in [-0.25, -0.2) is 4.98 Å². The van der Waals surface area contributed by atoms with Gasteiger partial charge in [-0.1, -0.05) is 0 Å². The summed E-state index contributed by atoms with van der Waals surface area (Å²) >= 11 is 1.75. The Morgan fingerprint density at radius 1 is 1.45 bits per heavy atom. The highest BCUT2D eigenvalue weighted by Crippen LogP contribution is 2.22. The van der Waals surface area contributed by atoms with E-state index in [2.05, 4.69) is 9.88 Å². The van der Waals surface area contributed by atoms with Crippen LogP contribution in [0.2, 0.25) is 0 Å². The van der Waals surface area contributed by atoms with Gasteiger partial charge >= 0.3 is 5.97 Å². The number of ether oxygens (including phenoxy) is 2. The van der Waals surface area contributed by atoms with Crippen molar-refractivity contribution in [2.45, 2.75) is 25.8 Å². The predicted molar refractivity (Wildman–Crippen MR) is 77.7 cm³/mol. The lowest BCUT2D eigenvalue weighted by molar-refractivity contribution is -0.147. The van der Waals surface area contributed by atoms with Crippen LogP contribution < -0.4 is 0 Å². The van der Waals surface area contributed by atoms with Crippen molar-refractivity contribution in [3.63, 3.8) is 0 Å². The number of nitrogens with zero attached hydrogens (tertiary/aromatic N) is 2. The molecule has 1 aliphatic rings. The lowest BCUT2D eigenvalue weighted by Crippen LogP contribution is -2.36. The van der Waals surface area contributed by atoms with Crippen molar-refractivity contribution in [3.05, 3.63) is 16.1 Å². The van der Waals surface area contributed by atoms with E-state index in [9.17, 15) is 4.79 Å². The third-order valence-corrected chi connectivity index (χ3v) is 4.66. The van der Waals surface area contributed by atoms with Crippen molar-refractivity contribution >= 4 is 17.3 Å². The van der Waals surface area contributed by atoms with Crippen LogP contribution in [-0.4, -0.2) is 49.8 Å². The fourth-order valence-electron chi connectivity index (χ4n) is 2.44. The number of thiazole rings is 1. The van der Waals surface area contributed by atoms with Gasteiger partial charge in [0.25, 0.3) is 0 Å². The first-order valence-electron chi connectivity index (χ1n) is 6.95. The molecule has 20 heavy (non-hydrogen) atoms. The Balaban J connectivity index is 1.77. The van der Waals surface area contributed by atoms with Gasteiger partial charge in [-0.15, -0.1) is 11.3 Å². The number of esters is 1. The second-order valence-electron chi connectivity index (χ2n) is 5.04.